The van der Waals surface area contributed by atoms with E-state index in [1.165, 1.54) is 35.6 Å². The number of carbonyl (C=O) groups is 1. The first-order chi connectivity index (χ1) is 10.9. The van der Waals surface area contributed by atoms with Crippen LogP contribution in [0.1, 0.15) is 31.8 Å². The second kappa shape index (κ2) is 7.52. The van der Waals surface area contributed by atoms with E-state index in [4.69, 9.17) is 0 Å². The highest BCUT2D eigenvalue weighted by atomic mass is 32.1. The highest BCUT2D eigenvalue weighted by Gasteiger charge is 2.14. The van der Waals surface area contributed by atoms with Gasteiger partial charge < -0.3 is 15.2 Å². The van der Waals surface area contributed by atoms with E-state index >= 15 is 0 Å². The Morgan fingerprint density at radius 2 is 1.96 bits per heavy atom. The average molecular weight is 341 g/mol. The first kappa shape index (κ1) is 17.4. The number of hydrogen-bond acceptors (Lipinski definition) is 4. The van der Waals surface area contributed by atoms with Crippen LogP contribution in [-0.2, 0) is 0 Å². The molecule has 0 bridgehead atoms. The molecule has 1 heterocycles. The molecule has 2 aromatic rings. The first-order valence-corrected chi connectivity index (χ1v) is 7.76. The number of nitrogens with one attached hydrogen (secondary N) is 1. The molecule has 7 heteroatoms. The number of aryl methyl sites for hydroxylation is 2. The summed E-state index contributed by atoms with van der Waals surface area (Å²) in [4.78, 5) is 14.0. The lowest BCUT2D eigenvalue weighted by Gasteiger charge is -2.13. The molecule has 2 N–H and O–H groups in total. The van der Waals surface area contributed by atoms with Crippen molar-refractivity contribution in [1.82, 2.24) is 5.32 Å². The predicted octanol–water partition coefficient (Wildman–Crippen LogP) is 3.43. The van der Waals surface area contributed by atoms with E-state index in [2.05, 4.69) is 10.1 Å². The summed E-state index contributed by atoms with van der Waals surface area (Å²) in [5.74, 6) is -0.229. The molecule has 0 radical (unpaired) electrons. The molecule has 1 aromatic heterocycles. The Balaban J connectivity index is 1.92. The van der Waals surface area contributed by atoms with E-state index < -0.39 is 12.7 Å². The largest absolute Gasteiger partial charge is 0.435 e. The van der Waals surface area contributed by atoms with Crippen LogP contribution in [0, 0.1) is 13.8 Å². The van der Waals surface area contributed by atoms with Gasteiger partial charge in [0.25, 0.3) is 5.91 Å². The van der Waals surface area contributed by atoms with Crippen LogP contribution < -0.4 is 10.1 Å². The van der Waals surface area contributed by atoms with Crippen molar-refractivity contribution in [3.63, 3.8) is 0 Å². The minimum Gasteiger partial charge on any atom is -0.435 e. The highest BCUT2D eigenvalue weighted by molar-refractivity contribution is 7.12. The number of rotatable bonds is 6. The minimum absolute atomic E-state index is 0.0179. The van der Waals surface area contributed by atoms with Crippen molar-refractivity contribution >= 4 is 17.2 Å². The Labute approximate surface area is 136 Å². The highest BCUT2D eigenvalue weighted by Crippen LogP contribution is 2.21. The number of hydrogen-bond donors (Lipinski definition) is 2. The molecule has 23 heavy (non-hydrogen) atoms. The SMILES string of the molecule is Cc1cc(C(=O)NCC(O)c2ccc(OC(F)F)cc2)c(C)s1. The van der Waals surface area contributed by atoms with Crippen molar-refractivity contribution in [3.8, 4) is 5.75 Å². The molecule has 0 aliphatic carbocycles. The number of carbonyl (C=O) groups excluding carboxylic acids is 1. The quantitative estimate of drug-likeness (QED) is 0.846. The van der Waals surface area contributed by atoms with E-state index in [9.17, 15) is 18.7 Å². The summed E-state index contributed by atoms with van der Waals surface area (Å²) in [6.07, 6.45) is -0.931. The molecule has 4 nitrogen and oxygen atoms in total. The molecular weight excluding hydrogens is 324 g/mol. The van der Waals surface area contributed by atoms with Crippen molar-refractivity contribution in [1.29, 1.82) is 0 Å². The molecule has 0 saturated heterocycles. The third-order valence-electron chi connectivity index (χ3n) is 3.23. The van der Waals surface area contributed by atoms with Crippen LogP contribution >= 0.6 is 11.3 Å². The van der Waals surface area contributed by atoms with Gasteiger partial charge in [0.15, 0.2) is 0 Å². The number of alkyl halides is 2. The maximum Gasteiger partial charge on any atom is 0.387 e. The Morgan fingerprint density at radius 1 is 1.30 bits per heavy atom. The van der Waals surface area contributed by atoms with Crippen molar-refractivity contribution in [2.24, 2.45) is 0 Å². The molecule has 1 amide bonds. The third kappa shape index (κ3) is 4.74. The van der Waals surface area contributed by atoms with Gasteiger partial charge in [-0.25, -0.2) is 0 Å². The molecule has 0 aliphatic heterocycles. The molecule has 0 saturated carbocycles. The number of aliphatic hydroxyl groups excluding tert-OH is 1. The second-order valence-electron chi connectivity index (χ2n) is 5.00. The van der Waals surface area contributed by atoms with E-state index in [0.717, 1.165) is 9.75 Å². The van der Waals surface area contributed by atoms with Gasteiger partial charge in [0, 0.05) is 16.3 Å². The first-order valence-electron chi connectivity index (χ1n) is 6.95. The topological polar surface area (TPSA) is 58.6 Å². The molecule has 0 spiro atoms. The summed E-state index contributed by atoms with van der Waals surface area (Å²) in [6.45, 7) is 0.932. The lowest BCUT2D eigenvalue weighted by Crippen LogP contribution is -2.28. The number of benzene rings is 1. The van der Waals surface area contributed by atoms with Gasteiger partial charge in [-0.05, 0) is 37.6 Å². The normalized spacial score (nSPS) is 12.3. The summed E-state index contributed by atoms with van der Waals surface area (Å²) in [5.41, 5.74) is 1.10. The van der Waals surface area contributed by atoms with Crippen LogP contribution in [0.4, 0.5) is 8.78 Å². The Kier molecular flexibility index (Phi) is 5.68. The predicted molar refractivity (Wildman–Crippen MR) is 84.2 cm³/mol. The fourth-order valence-corrected chi connectivity index (χ4v) is 3.05. The molecule has 1 atom stereocenters. The Morgan fingerprint density at radius 3 is 2.48 bits per heavy atom. The molecule has 2 rings (SSSR count). The molecular formula is C16H17F2NO3S. The van der Waals surface area contributed by atoms with Crippen LogP contribution in [0.2, 0.25) is 0 Å². The number of thiophene rings is 1. The van der Waals surface area contributed by atoms with Gasteiger partial charge >= 0.3 is 6.61 Å². The van der Waals surface area contributed by atoms with Crippen LogP contribution in [0.5, 0.6) is 5.75 Å². The Hall–Kier alpha value is -1.99. The number of halogens is 2. The molecule has 0 fully saturated rings. The van der Waals surface area contributed by atoms with Crippen LogP contribution in [0.15, 0.2) is 30.3 Å². The standard InChI is InChI=1S/C16H17F2NO3S/c1-9-7-13(10(2)23-9)15(21)19-8-14(20)11-3-5-12(6-4-11)22-16(17)18/h3-7,14,16,20H,8H2,1-2H3,(H,19,21). The van der Waals surface area contributed by atoms with Gasteiger partial charge in [0.1, 0.15) is 5.75 Å². The zero-order chi connectivity index (χ0) is 17.0. The van der Waals surface area contributed by atoms with E-state index in [1.54, 1.807) is 6.07 Å². The van der Waals surface area contributed by atoms with Gasteiger partial charge in [0.2, 0.25) is 0 Å². The van der Waals surface area contributed by atoms with Gasteiger partial charge in [-0.15, -0.1) is 11.3 Å². The number of amides is 1. The lowest BCUT2D eigenvalue weighted by molar-refractivity contribution is -0.0498. The number of ether oxygens (including phenoxy) is 1. The molecule has 1 unspecified atom stereocenters. The molecule has 0 aliphatic rings. The third-order valence-corrected chi connectivity index (χ3v) is 4.20. The van der Waals surface area contributed by atoms with E-state index in [1.807, 2.05) is 13.8 Å². The van der Waals surface area contributed by atoms with Crippen LogP contribution in [0.25, 0.3) is 0 Å². The van der Waals surface area contributed by atoms with Crippen molar-refractivity contribution in [3.05, 3.63) is 51.2 Å². The summed E-state index contributed by atoms with van der Waals surface area (Å²) in [7, 11) is 0. The van der Waals surface area contributed by atoms with Gasteiger partial charge in [-0.2, -0.15) is 8.78 Å². The van der Waals surface area contributed by atoms with Crippen molar-refractivity contribution < 1.29 is 23.4 Å². The van der Waals surface area contributed by atoms with Gasteiger partial charge in [0.05, 0.1) is 11.7 Å². The Bertz CT molecular complexity index is 670. The van der Waals surface area contributed by atoms with Crippen LogP contribution in [-0.4, -0.2) is 24.2 Å². The zero-order valence-corrected chi connectivity index (χ0v) is 13.5. The lowest BCUT2D eigenvalue weighted by atomic mass is 10.1. The summed E-state index contributed by atoms with van der Waals surface area (Å²) < 4.78 is 28.4. The zero-order valence-electron chi connectivity index (χ0n) is 12.7. The maximum atomic E-state index is 12.1. The smallest absolute Gasteiger partial charge is 0.387 e. The average Bonchev–Trinajstić information content (AvgIpc) is 2.83. The monoisotopic (exact) mass is 341 g/mol. The van der Waals surface area contributed by atoms with Gasteiger partial charge in [-0.3, -0.25) is 4.79 Å². The van der Waals surface area contributed by atoms with E-state index in [0.29, 0.717) is 11.1 Å². The van der Waals surface area contributed by atoms with Gasteiger partial charge in [-0.1, -0.05) is 12.1 Å². The van der Waals surface area contributed by atoms with Crippen molar-refractivity contribution in [2.45, 2.75) is 26.6 Å². The summed E-state index contributed by atoms with van der Waals surface area (Å²) in [5, 5.41) is 12.7. The summed E-state index contributed by atoms with van der Waals surface area (Å²) in [6, 6.07) is 7.46. The maximum absolute atomic E-state index is 12.1. The number of aliphatic hydroxyl groups is 1. The summed E-state index contributed by atoms with van der Waals surface area (Å²) >= 11 is 1.54. The molecule has 124 valence electrons. The second-order valence-corrected chi connectivity index (χ2v) is 6.46. The minimum atomic E-state index is -2.89. The fraction of sp³-hybridized carbons (Fsp3) is 0.312. The fourth-order valence-electron chi connectivity index (χ4n) is 2.13. The molecule has 1 aromatic carbocycles. The van der Waals surface area contributed by atoms with E-state index in [-0.39, 0.29) is 18.2 Å². The van der Waals surface area contributed by atoms with Crippen LogP contribution in [0.3, 0.4) is 0 Å². The van der Waals surface area contributed by atoms with Crippen molar-refractivity contribution in [2.75, 3.05) is 6.54 Å².